The van der Waals surface area contributed by atoms with Gasteiger partial charge < -0.3 is 5.32 Å². The van der Waals surface area contributed by atoms with E-state index in [0.29, 0.717) is 39.5 Å². The highest BCUT2D eigenvalue weighted by molar-refractivity contribution is 7.15. The second-order valence-electron chi connectivity index (χ2n) is 7.53. The van der Waals surface area contributed by atoms with Crippen LogP contribution >= 0.6 is 22.9 Å². The highest BCUT2D eigenvalue weighted by atomic mass is 35.5. The molecule has 4 aromatic rings. The van der Waals surface area contributed by atoms with Crippen LogP contribution in [-0.2, 0) is 13.1 Å². The van der Waals surface area contributed by atoms with Crippen molar-refractivity contribution in [2.24, 2.45) is 0 Å². The topological polar surface area (TPSA) is 117 Å². The van der Waals surface area contributed by atoms with Crippen LogP contribution in [0.2, 0.25) is 5.02 Å². The number of rotatable bonds is 8. The summed E-state index contributed by atoms with van der Waals surface area (Å²) < 4.78 is 17.2. The molecule has 0 saturated carbocycles. The molecule has 0 radical (unpaired) electrons. The van der Waals surface area contributed by atoms with Crippen LogP contribution in [0.1, 0.15) is 34.8 Å². The first-order chi connectivity index (χ1) is 15.7. The number of nitro groups is 1. The van der Waals surface area contributed by atoms with E-state index in [9.17, 15) is 14.5 Å². The Morgan fingerprint density at radius 2 is 2.06 bits per heavy atom. The number of benzene rings is 1. The minimum Gasteiger partial charge on any atom is -0.313 e. The first-order valence-corrected chi connectivity index (χ1v) is 11.2. The van der Waals surface area contributed by atoms with E-state index in [0.717, 1.165) is 5.01 Å². The number of nitrogens with one attached hydrogen (secondary N) is 1. The molecule has 10 nitrogen and oxygen atoms in total. The summed E-state index contributed by atoms with van der Waals surface area (Å²) >= 11 is 7.45. The standard InChI is InChI=1S/C20H20ClFN8O2S/c1-11(9-29-13(3)18(30(31)32)12(2)26-29)19-24-25-20(33-19)23-17-7-8-28(27-17)10-14-15(21)5-4-6-16(14)22/h4-8,11H,9-10H2,1-3H3,(H,23,25,27)/t11-/m0/s1. The van der Waals surface area contributed by atoms with Gasteiger partial charge in [-0.05, 0) is 26.0 Å². The van der Waals surface area contributed by atoms with Gasteiger partial charge in [0.2, 0.25) is 5.13 Å². The molecule has 0 fully saturated rings. The summed E-state index contributed by atoms with van der Waals surface area (Å²) in [4.78, 5) is 10.8. The van der Waals surface area contributed by atoms with Crippen molar-refractivity contribution in [3.8, 4) is 0 Å². The lowest BCUT2D eigenvalue weighted by atomic mass is 10.2. The predicted molar refractivity (Wildman–Crippen MR) is 123 cm³/mol. The minimum absolute atomic E-state index is 0.0362. The maximum absolute atomic E-state index is 14.0. The Morgan fingerprint density at radius 1 is 1.27 bits per heavy atom. The fourth-order valence-electron chi connectivity index (χ4n) is 3.42. The monoisotopic (exact) mass is 490 g/mol. The summed E-state index contributed by atoms with van der Waals surface area (Å²) in [5.41, 5.74) is 1.29. The van der Waals surface area contributed by atoms with E-state index in [1.54, 1.807) is 47.6 Å². The van der Waals surface area contributed by atoms with E-state index in [2.05, 4.69) is 25.7 Å². The fourth-order valence-corrected chi connectivity index (χ4v) is 4.44. The fraction of sp³-hybridized carbons (Fsp3) is 0.300. The lowest BCUT2D eigenvalue weighted by Gasteiger charge is -2.08. The minimum atomic E-state index is -0.412. The second-order valence-corrected chi connectivity index (χ2v) is 8.95. The van der Waals surface area contributed by atoms with E-state index in [1.165, 1.54) is 17.4 Å². The second kappa shape index (κ2) is 9.24. The predicted octanol–water partition coefficient (Wildman–Crippen LogP) is 4.84. The van der Waals surface area contributed by atoms with E-state index in [4.69, 9.17) is 11.6 Å². The molecule has 1 atom stereocenters. The molecular weight excluding hydrogens is 471 g/mol. The van der Waals surface area contributed by atoms with Gasteiger partial charge in [-0.3, -0.25) is 19.5 Å². The Bertz CT molecular complexity index is 1300. The third kappa shape index (κ3) is 4.86. The van der Waals surface area contributed by atoms with Gasteiger partial charge in [0.05, 0.1) is 18.0 Å². The Hall–Kier alpha value is -3.38. The van der Waals surface area contributed by atoms with Gasteiger partial charge in [-0.25, -0.2) is 4.39 Å². The SMILES string of the molecule is Cc1nn(C[C@H](C)c2nnc(Nc3ccn(Cc4c(F)cccc4Cl)n3)s2)c(C)c1[N+](=O)[O-]. The van der Waals surface area contributed by atoms with E-state index < -0.39 is 4.92 Å². The molecule has 4 rings (SSSR count). The molecule has 0 spiro atoms. The molecule has 0 aliphatic rings. The maximum atomic E-state index is 14.0. The number of aryl methyl sites for hydroxylation is 1. The lowest BCUT2D eigenvalue weighted by molar-refractivity contribution is -0.386. The lowest BCUT2D eigenvalue weighted by Crippen LogP contribution is -2.09. The number of hydrogen-bond donors (Lipinski definition) is 1. The van der Waals surface area contributed by atoms with Crippen molar-refractivity contribution in [2.45, 2.75) is 39.8 Å². The average molecular weight is 491 g/mol. The molecular formula is C20H20ClFN8O2S. The first kappa shape index (κ1) is 22.8. The van der Waals surface area contributed by atoms with Crippen LogP contribution in [0, 0.1) is 29.8 Å². The number of nitrogens with zero attached hydrogens (tertiary/aromatic N) is 7. The molecule has 3 aromatic heterocycles. The molecule has 0 amide bonds. The third-order valence-electron chi connectivity index (χ3n) is 5.09. The quantitative estimate of drug-likeness (QED) is 0.277. The summed E-state index contributed by atoms with van der Waals surface area (Å²) in [6.07, 6.45) is 1.71. The number of aromatic nitrogens is 6. The zero-order valence-corrected chi connectivity index (χ0v) is 19.6. The maximum Gasteiger partial charge on any atom is 0.312 e. The highest BCUT2D eigenvalue weighted by Gasteiger charge is 2.23. The van der Waals surface area contributed by atoms with Gasteiger partial charge in [0.1, 0.15) is 22.2 Å². The van der Waals surface area contributed by atoms with Crippen LogP contribution in [0.3, 0.4) is 0 Å². The molecule has 1 N–H and O–H groups in total. The summed E-state index contributed by atoms with van der Waals surface area (Å²) in [5, 5.41) is 33.0. The largest absolute Gasteiger partial charge is 0.313 e. The number of halogens is 2. The van der Waals surface area contributed by atoms with E-state index >= 15 is 0 Å². The molecule has 0 aliphatic heterocycles. The molecule has 0 bridgehead atoms. The Morgan fingerprint density at radius 3 is 2.76 bits per heavy atom. The Kier molecular flexibility index (Phi) is 6.38. The molecule has 1 aromatic carbocycles. The van der Waals surface area contributed by atoms with Gasteiger partial charge in [0.15, 0.2) is 5.82 Å². The molecule has 0 aliphatic carbocycles. The Balaban J connectivity index is 1.42. The summed E-state index contributed by atoms with van der Waals surface area (Å²) in [6, 6.07) is 6.30. The van der Waals surface area contributed by atoms with Gasteiger partial charge in [-0.1, -0.05) is 35.9 Å². The average Bonchev–Trinajstić information content (AvgIpc) is 3.45. The molecule has 0 unspecified atom stereocenters. The van der Waals surface area contributed by atoms with Gasteiger partial charge in [0.25, 0.3) is 0 Å². The molecule has 172 valence electrons. The summed E-state index contributed by atoms with van der Waals surface area (Å²) in [7, 11) is 0. The van der Waals surface area contributed by atoms with Crippen molar-refractivity contribution in [3.63, 3.8) is 0 Å². The van der Waals surface area contributed by atoms with Crippen molar-refractivity contribution in [1.82, 2.24) is 29.8 Å². The van der Waals surface area contributed by atoms with Crippen LogP contribution in [-0.4, -0.2) is 34.7 Å². The first-order valence-electron chi connectivity index (χ1n) is 9.98. The third-order valence-corrected chi connectivity index (χ3v) is 6.52. The molecule has 33 heavy (non-hydrogen) atoms. The molecule has 3 heterocycles. The van der Waals surface area contributed by atoms with Gasteiger partial charge in [-0.2, -0.15) is 10.2 Å². The zero-order valence-electron chi connectivity index (χ0n) is 18.0. The van der Waals surface area contributed by atoms with Gasteiger partial charge >= 0.3 is 5.69 Å². The summed E-state index contributed by atoms with van der Waals surface area (Å²) in [6.45, 7) is 5.90. The van der Waals surface area contributed by atoms with Crippen molar-refractivity contribution >= 4 is 39.6 Å². The Labute approximate surface area is 197 Å². The zero-order chi connectivity index (χ0) is 23.7. The summed E-state index contributed by atoms with van der Waals surface area (Å²) in [5.74, 6) is 0.0894. The van der Waals surface area contributed by atoms with Crippen molar-refractivity contribution in [1.29, 1.82) is 0 Å². The highest BCUT2D eigenvalue weighted by Crippen LogP contribution is 2.29. The van der Waals surface area contributed by atoms with E-state index in [1.807, 2.05) is 6.92 Å². The van der Waals surface area contributed by atoms with Crippen LogP contribution in [0.15, 0.2) is 30.5 Å². The van der Waals surface area contributed by atoms with Crippen LogP contribution in [0.5, 0.6) is 0 Å². The van der Waals surface area contributed by atoms with Crippen LogP contribution in [0.25, 0.3) is 0 Å². The molecule has 0 saturated heterocycles. The van der Waals surface area contributed by atoms with Crippen molar-refractivity contribution in [3.05, 3.63) is 73.4 Å². The molecule has 13 heteroatoms. The smallest absolute Gasteiger partial charge is 0.312 e. The van der Waals surface area contributed by atoms with Crippen molar-refractivity contribution in [2.75, 3.05) is 5.32 Å². The van der Waals surface area contributed by atoms with Gasteiger partial charge in [-0.15, -0.1) is 10.2 Å². The van der Waals surface area contributed by atoms with Gasteiger partial charge in [0, 0.05) is 28.8 Å². The number of hydrogen-bond acceptors (Lipinski definition) is 8. The van der Waals surface area contributed by atoms with Crippen molar-refractivity contribution < 1.29 is 9.31 Å². The van der Waals surface area contributed by atoms with Crippen LogP contribution in [0.4, 0.5) is 21.0 Å². The normalized spacial score (nSPS) is 12.2. The van der Waals surface area contributed by atoms with E-state index in [-0.39, 0.29) is 24.0 Å². The van der Waals surface area contributed by atoms with Crippen LogP contribution < -0.4 is 5.32 Å². The number of anilines is 2.